The molecular formula is C12H17NO4S. The van der Waals surface area contributed by atoms with Crippen molar-refractivity contribution in [3.05, 3.63) is 21.9 Å². The fourth-order valence-corrected chi connectivity index (χ4v) is 2.34. The van der Waals surface area contributed by atoms with Gasteiger partial charge in [0.05, 0.1) is 11.5 Å². The van der Waals surface area contributed by atoms with Crippen LogP contribution in [-0.2, 0) is 16.1 Å². The van der Waals surface area contributed by atoms with Crippen LogP contribution in [0.15, 0.2) is 11.4 Å². The highest BCUT2D eigenvalue weighted by molar-refractivity contribution is 7.12. The van der Waals surface area contributed by atoms with E-state index < -0.39 is 12.0 Å². The van der Waals surface area contributed by atoms with Gasteiger partial charge in [0.15, 0.2) is 0 Å². The third kappa shape index (κ3) is 3.54. The maximum atomic E-state index is 12.0. The van der Waals surface area contributed by atoms with Gasteiger partial charge in [0.25, 0.3) is 5.91 Å². The van der Waals surface area contributed by atoms with Gasteiger partial charge in [0, 0.05) is 12.7 Å². The maximum absolute atomic E-state index is 12.0. The van der Waals surface area contributed by atoms with Gasteiger partial charge in [0.2, 0.25) is 0 Å². The molecule has 100 valence electrons. The van der Waals surface area contributed by atoms with Crippen LogP contribution < -0.4 is 5.32 Å². The van der Waals surface area contributed by atoms with E-state index in [1.807, 2.05) is 0 Å². The van der Waals surface area contributed by atoms with Crippen LogP contribution in [0, 0.1) is 5.92 Å². The monoisotopic (exact) mass is 271 g/mol. The lowest BCUT2D eigenvalue weighted by molar-refractivity contribution is -0.140. The van der Waals surface area contributed by atoms with Crippen molar-refractivity contribution in [2.75, 3.05) is 7.11 Å². The molecule has 2 N–H and O–H groups in total. The molecule has 1 amide bonds. The molecule has 0 aliphatic rings. The van der Waals surface area contributed by atoms with Crippen molar-refractivity contribution in [1.29, 1.82) is 0 Å². The van der Waals surface area contributed by atoms with Crippen molar-refractivity contribution in [3.63, 3.8) is 0 Å². The fraction of sp³-hybridized carbons (Fsp3) is 0.500. The molecular weight excluding hydrogens is 254 g/mol. The molecule has 5 nitrogen and oxygen atoms in total. The van der Waals surface area contributed by atoms with Crippen molar-refractivity contribution in [2.24, 2.45) is 5.92 Å². The van der Waals surface area contributed by atoms with Gasteiger partial charge in [-0.1, -0.05) is 13.8 Å². The average molecular weight is 271 g/mol. The standard InChI is InChI=1S/C12H17NO4S/c1-7(2)9(12(15)16)13-11(14)10-8(6-17-3)4-5-18-10/h4-5,7,9H,6H2,1-3H3,(H,13,14)(H,15,16). The molecule has 0 saturated heterocycles. The number of methoxy groups -OCH3 is 1. The number of carbonyl (C=O) groups is 2. The van der Waals surface area contributed by atoms with Crippen LogP contribution in [-0.4, -0.2) is 30.1 Å². The van der Waals surface area contributed by atoms with Gasteiger partial charge in [0.1, 0.15) is 6.04 Å². The quantitative estimate of drug-likeness (QED) is 0.826. The lowest BCUT2D eigenvalue weighted by Crippen LogP contribution is -2.44. The van der Waals surface area contributed by atoms with Crippen molar-refractivity contribution >= 4 is 23.2 Å². The highest BCUT2D eigenvalue weighted by atomic mass is 32.1. The number of carbonyl (C=O) groups excluding carboxylic acids is 1. The molecule has 0 bridgehead atoms. The predicted octanol–water partition coefficient (Wildman–Crippen LogP) is 1.73. The number of nitrogens with one attached hydrogen (secondary N) is 1. The first kappa shape index (κ1) is 14.7. The van der Waals surface area contributed by atoms with Crippen molar-refractivity contribution < 1.29 is 19.4 Å². The van der Waals surface area contributed by atoms with E-state index in [9.17, 15) is 9.59 Å². The zero-order valence-electron chi connectivity index (χ0n) is 10.6. The Hall–Kier alpha value is -1.40. The molecule has 6 heteroatoms. The summed E-state index contributed by atoms with van der Waals surface area (Å²) < 4.78 is 4.99. The van der Waals surface area contributed by atoms with Crippen LogP contribution in [0.2, 0.25) is 0 Å². The third-order valence-electron chi connectivity index (χ3n) is 2.47. The van der Waals surface area contributed by atoms with Crippen LogP contribution >= 0.6 is 11.3 Å². The number of aliphatic carboxylic acids is 1. The molecule has 18 heavy (non-hydrogen) atoms. The Morgan fingerprint density at radius 3 is 2.67 bits per heavy atom. The normalized spacial score (nSPS) is 12.4. The summed E-state index contributed by atoms with van der Waals surface area (Å²) in [5, 5.41) is 13.3. The van der Waals surface area contributed by atoms with Crippen LogP contribution in [0.25, 0.3) is 0 Å². The molecule has 0 radical (unpaired) electrons. The Kier molecular flexibility index (Phi) is 5.30. The summed E-state index contributed by atoms with van der Waals surface area (Å²) in [6.45, 7) is 3.85. The Labute approximate surface area is 110 Å². The summed E-state index contributed by atoms with van der Waals surface area (Å²) in [4.78, 5) is 23.5. The molecule has 0 aromatic carbocycles. The van der Waals surface area contributed by atoms with Crippen LogP contribution in [0.1, 0.15) is 29.1 Å². The third-order valence-corrected chi connectivity index (χ3v) is 3.43. The smallest absolute Gasteiger partial charge is 0.326 e. The molecule has 0 aliphatic carbocycles. The van der Waals surface area contributed by atoms with Crippen molar-refractivity contribution in [3.8, 4) is 0 Å². The lowest BCUT2D eigenvalue weighted by Gasteiger charge is -2.17. The number of carboxylic acids is 1. The summed E-state index contributed by atoms with van der Waals surface area (Å²) in [6, 6.07) is 0.920. The summed E-state index contributed by atoms with van der Waals surface area (Å²) in [6.07, 6.45) is 0. The largest absolute Gasteiger partial charge is 0.480 e. The number of ether oxygens (including phenoxy) is 1. The zero-order chi connectivity index (χ0) is 13.7. The Morgan fingerprint density at radius 2 is 2.17 bits per heavy atom. The first-order chi connectivity index (χ1) is 8.47. The number of amides is 1. The van der Waals surface area contributed by atoms with Crippen LogP contribution in [0.5, 0.6) is 0 Å². The second-order valence-electron chi connectivity index (χ2n) is 4.24. The Bertz CT molecular complexity index is 427. The van der Waals surface area contributed by atoms with E-state index in [-0.39, 0.29) is 11.8 Å². The predicted molar refractivity (Wildman–Crippen MR) is 68.8 cm³/mol. The number of hydrogen-bond acceptors (Lipinski definition) is 4. The first-order valence-corrected chi connectivity index (χ1v) is 6.44. The summed E-state index contributed by atoms with van der Waals surface area (Å²) in [7, 11) is 1.55. The summed E-state index contributed by atoms with van der Waals surface area (Å²) in [5.41, 5.74) is 0.771. The molecule has 1 unspecified atom stereocenters. The number of rotatable bonds is 6. The van der Waals surface area contributed by atoms with Crippen molar-refractivity contribution in [2.45, 2.75) is 26.5 Å². The van der Waals surface area contributed by atoms with Gasteiger partial charge in [-0.2, -0.15) is 0 Å². The van der Waals surface area contributed by atoms with Gasteiger partial charge >= 0.3 is 5.97 Å². The minimum atomic E-state index is -1.02. The molecule has 1 aromatic heterocycles. The molecule has 0 spiro atoms. The molecule has 1 aromatic rings. The average Bonchev–Trinajstić information content (AvgIpc) is 2.73. The van der Waals surface area contributed by atoms with E-state index in [4.69, 9.17) is 9.84 Å². The zero-order valence-corrected chi connectivity index (χ0v) is 11.4. The lowest BCUT2D eigenvalue weighted by atomic mass is 10.0. The minimum absolute atomic E-state index is 0.169. The molecule has 0 saturated carbocycles. The van der Waals surface area contributed by atoms with E-state index >= 15 is 0 Å². The van der Waals surface area contributed by atoms with E-state index in [0.29, 0.717) is 11.5 Å². The molecule has 1 rings (SSSR count). The topological polar surface area (TPSA) is 75.6 Å². The number of carboxylic acid groups (broad SMARTS) is 1. The molecule has 1 heterocycles. The van der Waals surface area contributed by atoms with E-state index in [0.717, 1.165) is 5.56 Å². The number of hydrogen-bond donors (Lipinski definition) is 2. The van der Waals surface area contributed by atoms with Crippen LogP contribution in [0.3, 0.4) is 0 Å². The minimum Gasteiger partial charge on any atom is -0.480 e. The summed E-state index contributed by atoms with van der Waals surface area (Å²) in [5.74, 6) is -1.56. The van der Waals surface area contributed by atoms with Gasteiger partial charge in [-0.25, -0.2) is 4.79 Å². The highest BCUT2D eigenvalue weighted by Crippen LogP contribution is 2.18. The second kappa shape index (κ2) is 6.51. The molecule has 1 atom stereocenters. The second-order valence-corrected chi connectivity index (χ2v) is 5.16. The van der Waals surface area contributed by atoms with Crippen LogP contribution in [0.4, 0.5) is 0 Å². The van der Waals surface area contributed by atoms with Crippen molar-refractivity contribution in [1.82, 2.24) is 5.32 Å². The van der Waals surface area contributed by atoms with E-state index in [2.05, 4.69) is 5.32 Å². The van der Waals surface area contributed by atoms with E-state index in [1.54, 1.807) is 32.4 Å². The van der Waals surface area contributed by atoms with Gasteiger partial charge in [-0.15, -0.1) is 11.3 Å². The summed E-state index contributed by atoms with van der Waals surface area (Å²) >= 11 is 1.28. The first-order valence-electron chi connectivity index (χ1n) is 5.56. The maximum Gasteiger partial charge on any atom is 0.326 e. The van der Waals surface area contributed by atoms with Gasteiger partial charge in [-0.05, 0) is 17.4 Å². The highest BCUT2D eigenvalue weighted by Gasteiger charge is 2.25. The SMILES string of the molecule is COCc1ccsc1C(=O)NC(C(=O)O)C(C)C. The van der Waals surface area contributed by atoms with Gasteiger partial charge in [-0.3, -0.25) is 4.79 Å². The number of thiophene rings is 1. The Morgan fingerprint density at radius 1 is 1.50 bits per heavy atom. The molecule has 0 fully saturated rings. The van der Waals surface area contributed by atoms with Gasteiger partial charge < -0.3 is 15.2 Å². The molecule has 0 aliphatic heterocycles. The fourth-order valence-electron chi connectivity index (χ4n) is 1.52. The Balaban J connectivity index is 2.80. The van der Waals surface area contributed by atoms with E-state index in [1.165, 1.54) is 11.3 Å².